The van der Waals surface area contributed by atoms with Gasteiger partial charge in [-0.15, -0.1) is 0 Å². The van der Waals surface area contributed by atoms with E-state index in [1.54, 1.807) is 12.1 Å². The van der Waals surface area contributed by atoms with E-state index < -0.39 is 10.0 Å². The highest BCUT2D eigenvalue weighted by molar-refractivity contribution is 7.89. The Morgan fingerprint density at radius 2 is 1.90 bits per heavy atom. The molecule has 20 heavy (non-hydrogen) atoms. The summed E-state index contributed by atoms with van der Waals surface area (Å²) in [7, 11) is -1.79. The van der Waals surface area contributed by atoms with Crippen molar-refractivity contribution in [3.05, 3.63) is 29.8 Å². The van der Waals surface area contributed by atoms with Crippen LogP contribution in [0.5, 0.6) is 0 Å². The highest BCUT2D eigenvalue weighted by Gasteiger charge is 2.25. The molecule has 0 heterocycles. The molecule has 1 aromatic rings. The fourth-order valence-electron chi connectivity index (χ4n) is 2.25. The van der Waals surface area contributed by atoms with Gasteiger partial charge in [0, 0.05) is 19.5 Å². The molecule has 0 saturated heterocycles. The van der Waals surface area contributed by atoms with Crippen molar-refractivity contribution in [2.24, 2.45) is 5.14 Å². The molecule has 5 nitrogen and oxygen atoms in total. The molecule has 0 aliphatic heterocycles. The Hall–Kier alpha value is -1.40. The lowest BCUT2D eigenvalue weighted by molar-refractivity contribution is -0.133. The summed E-state index contributed by atoms with van der Waals surface area (Å²) in [5.74, 6) is 0.144. The molecule has 1 amide bonds. The summed E-state index contributed by atoms with van der Waals surface area (Å²) < 4.78 is 22.3. The summed E-state index contributed by atoms with van der Waals surface area (Å²) in [5, 5.41) is 5.04. The highest BCUT2D eigenvalue weighted by atomic mass is 32.2. The van der Waals surface area contributed by atoms with E-state index in [-0.39, 0.29) is 10.8 Å². The number of nitrogens with two attached hydrogens (primary N) is 1. The zero-order valence-electron chi connectivity index (χ0n) is 11.6. The monoisotopic (exact) mass is 296 g/mol. The number of carbonyl (C=O) groups is 1. The Balaban J connectivity index is 1.89. The summed E-state index contributed by atoms with van der Waals surface area (Å²) in [4.78, 5) is 13.9. The first-order valence-corrected chi connectivity index (χ1v) is 8.30. The van der Waals surface area contributed by atoms with Crippen LogP contribution in [0.15, 0.2) is 29.2 Å². The van der Waals surface area contributed by atoms with E-state index in [1.807, 2.05) is 11.9 Å². The van der Waals surface area contributed by atoms with Gasteiger partial charge in [0.2, 0.25) is 15.9 Å². The molecule has 0 bridgehead atoms. The van der Waals surface area contributed by atoms with Crippen molar-refractivity contribution >= 4 is 15.9 Å². The van der Waals surface area contributed by atoms with Crippen LogP contribution in [0.1, 0.15) is 31.2 Å². The Labute approximate surface area is 119 Å². The molecule has 6 heteroatoms. The molecular formula is C14H20N2O3S. The van der Waals surface area contributed by atoms with Crippen LogP contribution < -0.4 is 5.14 Å². The van der Waals surface area contributed by atoms with Crippen molar-refractivity contribution in [3.8, 4) is 0 Å². The van der Waals surface area contributed by atoms with Gasteiger partial charge in [-0.2, -0.15) is 0 Å². The van der Waals surface area contributed by atoms with E-state index in [4.69, 9.17) is 5.14 Å². The second-order valence-corrected chi connectivity index (χ2v) is 6.84. The van der Waals surface area contributed by atoms with Gasteiger partial charge >= 0.3 is 0 Å². The van der Waals surface area contributed by atoms with Crippen LogP contribution in [-0.2, 0) is 21.2 Å². The minimum absolute atomic E-state index is 0.0964. The van der Waals surface area contributed by atoms with Gasteiger partial charge in [-0.25, -0.2) is 13.6 Å². The first kappa shape index (κ1) is 15.0. The van der Waals surface area contributed by atoms with Crippen LogP contribution in [-0.4, -0.2) is 32.3 Å². The maximum Gasteiger partial charge on any atom is 0.238 e. The van der Waals surface area contributed by atoms with E-state index in [0.717, 1.165) is 18.4 Å². The standard InChI is InChI=1S/C14H20N2O3S/c1-16(12-3-2-4-12)14(17)10-7-11-5-8-13(9-6-11)20(15,18)19/h5-6,8-9,12H,2-4,7,10H2,1H3,(H2,15,18,19). The molecule has 2 N–H and O–H groups in total. The van der Waals surface area contributed by atoms with Crippen LogP contribution in [0.2, 0.25) is 0 Å². The number of amides is 1. The third-order valence-corrected chi connectivity index (χ3v) is 4.82. The number of benzene rings is 1. The molecule has 1 aliphatic carbocycles. The van der Waals surface area contributed by atoms with Crippen molar-refractivity contribution in [2.75, 3.05) is 7.05 Å². The van der Waals surface area contributed by atoms with Gasteiger partial charge in [0.1, 0.15) is 0 Å². The van der Waals surface area contributed by atoms with Crippen LogP contribution in [0, 0.1) is 0 Å². The lowest BCUT2D eigenvalue weighted by Crippen LogP contribution is -2.41. The van der Waals surface area contributed by atoms with E-state index in [1.165, 1.54) is 18.6 Å². The Morgan fingerprint density at radius 3 is 2.35 bits per heavy atom. The Kier molecular flexibility index (Phi) is 4.45. The third kappa shape index (κ3) is 3.58. The van der Waals surface area contributed by atoms with Gasteiger partial charge in [-0.05, 0) is 43.4 Å². The number of sulfonamides is 1. The maximum atomic E-state index is 12.0. The molecule has 1 fully saturated rings. The van der Waals surface area contributed by atoms with Gasteiger partial charge in [-0.1, -0.05) is 12.1 Å². The predicted molar refractivity (Wildman–Crippen MR) is 76.5 cm³/mol. The SMILES string of the molecule is CN(C(=O)CCc1ccc(S(N)(=O)=O)cc1)C1CCC1. The molecule has 1 aromatic carbocycles. The van der Waals surface area contributed by atoms with Crippen molar-refractivity contribution in [3.63, 3.8) is 0 Å². The van der Waals surface area contributed by atoms with Gasteiger partial charge < -0.3 is 4.90 Å². The van der Waals surface area contributed by atoms with Crippen molar-refractivity contribution in [2.45, 2.75) is 43.0 Å². The molecule has 0 unspecified atom stereocenters. The number of aryl methyl sites for hydroxylation is 1. The average Bonchev–Trinajstić information content (AvgIpc) is 2.33. The minimum atomic E-state index is -3.65. The van der Waals surface area contributed by atoms with E-state index >= 15 is 0 Å². The van der Waals surface area contributed by atoms with Crippen molar-refractivity contribution < 1.29 is 13.2 Å². The normalized spacial score (nSPS) is 15.7. The fourth-order valence-corrected chi connectivity index (χ4v) is 2.77. The van der Waals surface area contributed by atoms with Gasteiger partial charge in [0.15, 0.2) is 0 Å². The molecular weight excluding hydrogens is 276 g/mol. The van der Waals surface area contributed by atoms with Crippen LogP contribution in [0.25, 0.3) is 0 Å². The highest BCUT2D eigenvalue weighted by Crippen LogP contribution is 2.24. The van der Waals surface area contributed by atoms with Crippen LogP contribution in [0.3, 0.4) is 0 Å². The molecule has 0 aromatic heterocycles. The molecule has 2 rings (SSSR count). The van der Waals surface area contributed by atoms with Crippen LogP contribution in [0.4, 0.5) is 0 Å². The van der Waals surface area contributed by atoms with Gasteiger partial charge in [0.05, 0.1) is 4.90 Å². The minimum Gasteiger partial charge on any atom is -0.343 e. The van der Waals surface area contributed by atoms with E-state index in [2.05, 4.69) is 0 Å². The number of primary sulfonamides is 1. The number of hydrogen-bond donors (Lipinski definition) is 1. The predicted octanol–water partition coefficient (Wildman–Crippen LogP) is 1.28. The molecule has 1 saturated carbocycles. The summed E-state index contributed by atoms with van der Waals surface area (Å²) in [6.45, 7) is 0. The molecule has 110 valence electrons. The largest absolute Gasteiger partial charge is 0.343 e. The number of hydrogen-bond acceptors (Lipinski definition) is 3. The molecule has 1 aliphatic rings. The first-order chi connectivity index (χ1) is 9.38. The van der Waals surface area contributed by atoms with Crippen molar-refractivity contribution in [1.29, 1.82) is 0 Å². The molecule has 0 spiro atoms. The van der Waals surface area contributed by atoms with E-state index in [9.17, 15) is 13.2 Å². The number of rotatable bonds is 5. The third-order valence-electron chi connectivity index (χ3n) is 3.90. The van der Waals surface area contributed by atoms with Gasteiger partial charge in [-0.3, -0.25) is 4.79 Å². The summed E-state index contributed by atoms with van der Waals surface area (Å²) in [6.07, 6.45) is 4.47. The smallest absolute Gasteiger partial charge is 0.238 e. The zero-order chi connectivity index (χ0) is 14.8. The Bertz CT molecular complexity index is 577. The summed E-state index contributed by atoms with van der Waals surface area (Å²) >= 11 is 0. The molecule has 0 radical (unpaired) electrons. The second kappa shape index (κ2) is 5.93. The topological polar surface area (TPSA) is 80.5 Å². The zero-order valence-corrected chi connectivity index (χ0v) is 12.4. The molecule has 0 atom stereocenters. The fraction of sp³-hybridized carbons (Fsp3) is 0.500. The second-order valence-electron chi connectivity index (χ2n) is 5.28. The van der Waals surface area contributed by atoms with Crippen LogP contribution >= 0.6 is 0 Å². The maximum absolute atomic E-state index is 12.0. The summed E-state index contributed by atoms with van der Waals surface area (Å²) in [5.41, 5.74) is 0.938. The Morgan fingerprint density at radius 1 is 1.30 bits per heavy atom. The average molecular weight is 296 g/mol. The van der Waals surface area contributed by atoms with Crippen molar-refractivity contribution in [1.82, 2.24) is 4.90 Å². The first-order valence-electron chi connectivity index (χ1n) is 6.75. The number of nitrogens with zero attached hydrogens (tertiary/aromatic N) is 1. The summed E-state index contributed by atoms with van der Waals surface area (Å²) in [6, 6.07) is 6.77. The lowest BCUT2D eigenvalue weighted by Gasteiger charge is -2.34. The number of carbonyl (C=O) groups excluding carboxylic acids is 1. The quantitative estimate of drug-likeness (QED) is 0.888. The van der Waals surface area contributed by atoms with Gasteiger partial charge in [0.25, 0.3) is 0 Å². The lowest BCUT2D eigenvalue weighted by atomic mass is 9.91. The van der Waals surface area contributed by atoms with E-state index in [0.29, 0.717) is 18.9 Å².